The summed E-state index contributed by atoms with van der Waals surface area (Å²) in [7, 11) is 0. The zero-order valence-electron chi connectivity index (χ0n) is 20.7. The lowest BCUT2D eigenvalue weighted by Crippen LogP contribution is -2.40. The van der Waals surface area contributed by atoms with E-state index in [9.17, 15) is 22.8 Å². The van der Waals surface area contributed by atoms with Crippen LogP contribution < -0.4 is 10.6 Å². The number of halogens is 3. The molecule has 2 aromatic carbocycles. The molecule has 1 aliphatic heterocycles. The van der Waals surface area contributed by atoms with Crippen LogP contribution in [-0.4, -0.2) is 45.1 Å². The standard InChI is InChI=1S/C27H25F3N6O2S/c28-27(29,30)20-9-5-4-8-19(20)15-31-24(37)22-16-39-25(32-22)18-10-12-36(13-11-18)26(38)33-23-14-21(34-35-23)17-6-2-1-3-7-17/h1-9,14,16,18H,10-13,15H2,(H,31,37)(H2,33,34,35,38). The molecule has 1 aliphatic rings. The Morgan fingerprint density at radius 2 is 1.77 bits per heavy atom. The summed E-state index contributed by atoms with van der Waals surface area (Å²) in [5.74, 6) is -0.00352. The van der Waals surface area contributed by atoms with E-state index in [-0.39, 0.29) is 29.8 Å². The molecule has 2 aromatic heterocycles. The molecule has 3 N–H and O–H groups in total. The Morgan fingerprint density at radius 3 is 2.51 bits per heavy atom. The molecule has 0 aliphatic carbocycles. The van der Waals surface area contributed by atoms with Gasteiger partial charge in [0.05, 0.1) is 16.3 Å². The van der Waals surface area contributed by atoms with E-state index in [0.717, 1.165) is 22.3 Å². The van der Waals surface area contributed by atoms with Crippen molar-refractivity contribution in [2.45, 2.75) is 31.5 Å². The van der Waals surface area contributed by atoms with Crippen LogP contribution in [-0.2, 0) is 12.7 Å². The molecular weight excluding hydrogens is 529 g/mol. The van der Waals surface area contributed by atoms with Gasteiger partial charge in [-0.15, -0.1) is 11.3 Å². The van der Waals surface area contributed by atoms with Crippen LogP contribution in [0.15, 0.2) is 66.0 Å². The number of likely N-dealkylation sites (tertiary alicyclic amines) is 1. The number of carbonyl (C=O) groups excluding carboxylic acids is 2. The van der Waals surface area contributed by atoms with Crippen LogP contribution in [0.4, 0.5) is 23.8 Å². The molecule has 4 aromatic rings. The van der Waals surface area contributed by atoms with Gasteiger partial charge in [0.15, 0.2) is 5.82 Å². The highest BCUT2D eigenvalue weighted by atomic mass is 32.1. The van der Waals surface area contributed by atoms with Crippen molar-refractivity contribution in [3.8, 4) is 11.3 Å². The number of hydrogen-bond donors (Lipinski definition) is 3. The Morgan fingerprint density at radius 1 is 1.05 bits per heavy atom. The van der Waals surface area contributed by atoms with Gasteiger partial charge in [0.25, 0.3) is 5.91 Å². The minimum atomic E-state index is -4.50. The molecular formula is C27H25F3N6O2S. The number of amides is 3. The van der Waals surface area contributed by atoms with E-state index in [2.05, 4.69) is 25.8 Å². The number of carbonyl (C=O) groups is 2. The Hall–Kier alpha value is -4.19. The maximum absolute atomic E-state index is 13.2. The molecule has 0 spiro atoms. The molecule has 1 fully saturated rings. The maximum Gasteiger partial charge on any atom is 0.416 e. The van der Waals surface area contributed by atoms with Gasteiger partial charge in [-0.3, -0.25) is 15.2 Å². The zero-order valence-corrected chi connectivity index (χ0v) is 21.5. The topological polar surface area (TPSA) is 103 Å². The van der Waals surface area contributed by atoms with E-state index in [1.165, 1.54) is 29.5 Å². The van der Waals surface area contributed by atoms with Crippen molar-refractivity contribution >= 4 is 29.1 Å². The molecule has 12 heteroatoms. The van der Waals surface area contributed by atoms with Gasteiger partial charge in [-0.25, -0.2) is 9.78 Å². The Kier molecular flexibility index (Phi) is 7.64. The molecule has 8 nitrogen and oxygen atoms in total. The van der Waals surface area contributed by atoms with Crippen molar-refractivity contribution in [2.75, 3.05) is 18.4 Å². The van der Waals surface area contributed by atoms with Gasteiger partial charge in [-0.05, 0) is 30.0 Å². The van der Waals surface area contributed by atoms with E-state index >= 15 is 0 Å². The fraction of sp³-hybridized carbons (Fsp3) is 0.259. The van der Waals surface area contributed by atoms with Crippen molar-refractivity contribution in [2.24, 2.45) is 0 Å². The predicted molar refractivity (Wildman–Crippen MR) is 141 cm³/mol. The molecule has 3 heterocycles. The van der Waals surface area contributed by atoms with Gasteiger partial charge in [0, 0.05) is 37.0 Å². The van der Waals surface area contributed by atoms with Gasteiger partial charge in [0.2, 0.25) is 0 Å². The second kappa shape index (κ2) is 11.3. The van der Waals surface area contributed by atoms with Crippen LogP contribution >= 0.6 is 11.3 Å². The van der Waals surface area contributed by atoms with Crippen LogP contribution in [0.2, 0.25) is 0 Å². The fourth-order valence-electron chi connectivity index (χ4n) is 4.47. The first kappa shape index (κ1) is 26.4. The normalized spacial score (nSPS) is 14.3. The predicted octanol–water partition coefficient (Wildman–Crippen LogP) is 5.89. The monoisotopic (exact) mass is 554 g/mol. The lowest BCUT2D eigenvalue weighted by atomic mass is 9.98. The smallest absolute Gasteiger partial charge is 0.347 e. The Balaban J connectivity index is 1.12. The third-order valence-electron chi connectivity index (χ3n) is 6.55. The van der Waals surface area contributed by atoms with Gasteiger partial charge >= 0.3 is 12.2 Å². The summed E-state index contributed by atoms with van der Waals surface area (Å²) in [6.45, 7) is 0.779. The summed E-state index contributed by atoms with van der Waals surface area (Å²) < 4.78 is 39.6. The highest BCUT2D eigenvalue weighted by Crippen LogP contribution is 2.32. The molecule has 5 rings (SSSR count). The molecule has 0 radical (unpaired) electrons. The summed E-state index contributed by atoms with van der Waals surface area (Å²) in [5.41, 5.74) is 1.16. The number of alkyl halides is 3. The largest absolute Gasteiger partial charge is 0.416 e. The van der Waals surface area contributed by atoms with Crippen molar-refractivity contribution in [3.05, 3.63) is 87.9 Å². The Bertz CT molecular complexity index is 1440. The SMILES string of the molecule is O=C(NCc1ccccc1C(F)(F)F)c1csc(C2CCN(C(=O)Nc3cc(-c4ccccc4)[nH]n3)CC2)n1. The first-order chi connectivity index (χ1) is 18.8. The number of aromatic nitrogens is 3. The van der Waals surface area contributed by atoms with E-state index in [1.54, 1.807) is 16.3 Å². The van der Waals surface area contributed by atoms with Crippen molar-refractivity contribution in [1.82, 2.24) is 25.4 Å². The van der Waals surface area contributed by atoms with Gasteiger partial charge in [-0.1, -0.05) is 48.5 Å². The second-order valence-electron chi connectivity index (χ2n) is 9.13. The molecule has 0 saturated carbocycles. The second-order valence-corrected chi connectivity index (χ2v) is 10.0. The molecule has 0 bridgehead atoms. The summed E-state index contributed by atoms with van der Waals surface area (Å²) in [4.78, 5) is 31.5. The van der Waals surface area contributed by atoms with Crippen molar-refractivity contribution in [3.63, 3.8) is 0 Å². The molecule has 1 saturated heterocycles. The number of nitrogens with one attached hydrogen (secondary N) is 3. The van der Waals surface area contributed by atoms with Crippen LogP contribution in [0.1, 0.15) is 45.4 Å². The highest BCUT2D eigenvalue weighted by molar-refractivity contribution is 7.09. The number of urea groups is 1. The third-order valence-corrected chi connectivity index (χ3v) is 7.55. The van der Waals surface area contributed by atoms with E-state index in [0.29, 0.717) is 31.7 Å². The average molecular weight is 555 g/mol. The number of nitrogens with zero attached hydrogens (tertiary/aromatic N) is 3. The fourth-order valence-corrected chi connectivity index (χ4v) is 5.44. The number of piperidine rings is 1. The summed E-state index contributed by atoms with van der Waals surface area (Å²) in [6, 6.07) is 16.4. The zero-order chi connectivity index (χ0) is 27.4. The lowest BCUT2D eigenvalue weighted by Gasteiger charge is -2.30. The molecule has 39 heavy (non-hydrogen) atoms. The molecule has 3 amide bonds. The van der Waals surface area contributed by atoms with E-state index < -0.39 is 17.6 Å². The van der Waals surface area contributed by atoms with Gasteiger partial charge in [-0.2, -0.15) is 18.3 Å². The third kappa shape index (κ3) is 6.28. The Labute approximate surface area is 226 Å². The maximum atomic E-state index is 13.2. The van der Waals surface area contributed by atoms with Crippen LogP contribution in [0.3, 0.4) is 0 Å². The summed E-state index contributed by atoms with van der Waals surface area (Å²) in [6.07, 6.45) is -3.14. The van der Waals surface area contributed by atoms with Crippen LogP contribution in [0, 0.1) is 0 Å². The van der Waals surface area contributed by atoms with Crippen LogP contribution in [0.5, 0.6) is 0 Å². The quantitative estimate of drug-likeness (QED) is 0.276. The molecule has 0 atom stereocenters. The first-order valence-corrected chi connectivity index (χ1v) is 13.2. The van der Waals surface area contributed by atoms with E-state index in [4.69, 9.17) is 0 Å². The number of rotatable bonds is 6. The average Bonchev–Trinajstić information content (AvgIpc) is 3.62. The molecule has 0 unspecified atom stereocenters. The number of benzene rings is 2. The number of hydrogen-bond acceptors (Lipinski definition) is 5. The van der Waals surface area contributed by atoms with Gasteiger partial charge in [0.1, 0.15) is 5.69 Å². The highest BCUT2D eigenvalue weighted by Gasteiger charge is 2.33. The summed E-state index contributed by atoms with van der Waals surface area (Å²) >= 11 is 1.34. The minimum Gasteiger partial charge on any atom is -0.347 e. The number of H-pyrrole nitrogens is 1. The van der Waals surface area contributed by atoms with Crippen LogP contribution in [0.25, 0.3) is 11.3 Å². The number of aromatic amines is 1. The number of anilines is 1. The van der Waals surface area contributed by atoms with Crippen molar-refractivity contribution < 1.29 is 22.8 Å². The molecule has 202 valence electrons. The summed E-state index contributed by atoms with van der Waals surface area (Å²) in [5, 5.41) is 14.8. The first-order valence-electron chi connectivity index (χ1n) is 12.3. The minimum absolute atomic E-state index is 0.00872. The van der Waals surface area contributed by atoms with Gasteiger partial charge < -0.3 is 10.2 Å². The van der Waals surface area contributed by atoms with E-state index in [1.807, 2.05) is 30.3 Å². The number of thiazole rings is 1. The lowest BCUT2D eigenvalue weighted by molar-refractivity contribution is -0.138. The van der Waals surface area contributed by atoms with Crippen molar-refractivity contribution in [1.29, 1.82) is 0 Å².